The first-order valence-corrected chi connectivity index (χ1v) is 20.6. The molecule has 0 fully saturated rings. The van der Waals surface area contributed by atoms with Crippen LogP contribution in [0.15, 0.2) is 200 Å². The fourth-order valence-electron chi connectivity index (χ4n) is 9.18. The highest BCUT2D eigenvalue weighted by Gasteiger charge is 2.38. The van der Waals surface area contributed by atoms with Crippen LogP contribution >= 0.6 is 11.3 Å². The summed E-state index contributed by atoms with van der Waals surface area (Å²) in [6.45, 7) is 4.78. The minimum atomic E-state index is -0.109. The molecular formula is C55H39NS. The van der Waals surface area contributed by atoms with E-state index in [0.717, 1.165) is 17.1 Å². The number of hydrogen-bond acceptors (Lipinski definition) is 2. The Bertz CT molecular complexity index is 3040. The van der Waals surface area contributed by atoms with Gasteiger partial charge >= 0.3 is 0 Å². The molecule has 10 aromatic rings. The first-order chi connectivity index (χ1) is 28.0. The average molecular weight is 746 g/mol. The van der Waals surface area contributed by atoms with E-state index in [9.17, 15) is 0 Å². The summed E-state index contributed by atoms with van der Waals surface area (Å²) in [5, 5.41) is 5.17. The topological polar surface area (TPSA) is 3.24 Å². The monoisotopic (exact) mass is 745 g/mol. The Morgan fingerprint density at radius 2 is 0.930 bits per heavy atom. The lowest BCUT2D eigenvalue weighted by molar-refractivity contribution is 0.661. The van der Waals surface area contributed by atoms with Crippen LogP contribution in [0.3, 0.4) is 0 Å². The molecule has 57 heavy (non-hydrogen) atoms. The van der Waals surface area contributed by atoms with E-state index < -0.39 is 0 Å². The molecule has 9 aromatic carbocycles. The van der Waals surface area contributed by atoms with Gasteiger partial charge < -0.3 is 4.90 Å². The minimum Gasteiger partial charge on any atom is -0.310 e. The van der Waals surface area contributed by atoms with Crippen molar-refractivity contribution in [1.29, 1.82) is 0 Å². The molecule has 0 aliphatic heterocycles. The molecule has 0 unspecified atom stereocenters. The molecule has 0 saturated carbocycles. The van der Waals surface area contributed by atoms with Crippen molar-refractivity contribution in [3.63, 3.8) is 0 Å². The van der Waals surface area contributed by atoms with Gasteiger partial charge in [0, 0.05) is 42.6 Å². The molecule has 1 aromatic heterocycles. The number of nitrogens with zero attached hydrogens (tertiary/aromatic N) is 1. The number of hydrogen-bond donors (Lipinski definition) is 0. The van der Waals surface area contributed by atoms with Gasteiger partial charge in [0.1, 0.15) is 0 Å². The Balaban J connectivity index is 1.12. The highest BCUT2D eigenvalue weighted by atomic mass is 32.1. The van der Waals surface area contributed by atoms with Crippen molar-refractivity contribution in [1.82, 2.24) is 0 Å². The zero-order chi connectivity index (χ0) is 38.1. The number of fused-ring (bicyclic) bond motifs is 7. The molecular weight excluding hydrogens is 707 g/mol. The second-order valence-electron chi connectivity index (χ2n) is 15.7. The molecule has 1 nitrogen and oxygen atoms in total. The van der Waals surface area contributed by atoms with Crippen LogP contribution in [0.25, 0.3) is 75.5 Å². The van der Waals surface area contributed by atoms with E-state index in [1.165, 1.54) is 86.6 Å². The van der Waals surface area contributed by atoms with Crippen molar-refractivity contribution in [3.8, 4) is 44.5 Å². The third-order valence-electron chi connectivity index (χ3n) is 12.1. The molecule has 11 rings (SSSR count). The predicted molar refractivity (Wildman–Crippen MR) is 245 cm³/mol. The van der Waals surface area contributed by atoms with Crippen LogP contribution in [0.2, 0.25) is 0 Å². The van der Waals surface area contributed by atoms with Crippen molar-refractivity contribution in [2.24, 2.45) is 0 Å². The lowest BCUT2D eigenvalue weighted by atomic mass is 9.81. The first kappa shape index (κ1) is 33.6. The van der Waals surface area contributed by atoms with Gasteiger partial charge in [-0.05, 0) is 115 Å². The highest BCUT2D eigenvalue weighted by molar-refractivity contribution is 7.26. The summed E-state index contributed by atoms with van der Waals surface area (Å²) < 4.78 is 2.61. The minimum absolute atomic E-state index is 0.109. The van der Waals surface area contributed by atoms with E-state index in [1.54, 1.807) is 0 Å². The van der Waals surface area contributed by atoms with Gasteiger partial charge in [-0.15, -0.1) is 11.3 Å². The summed E-state index contributed by atoms with van der Waals surface area (Å²) in [7, 11) is 0. The van der Waals surface area contributed by atoms with Gasteiger partial charge in [-0.1, -0.05) is 166 Å². The van der Waals surface area contributed by atoms with Crippen LogP contribution in [0.4, 0.5) is 17.1 Å². The number of benzene rings is 9. The van der Waals surface area contributed by atoms with E-state index in [4.69, 9.17) is 0 Å². The molecule has 0 N–H and O–H groups in total. The van der Waals surface area contributed by atoms with Crippen molar-refractivity contribution in [2.45, 2.75) is 19.3 Å². The molecule has 0 amide bonds. The summed E-state index contributed by atoms with van der Waals surface area (Å²) in [5.41, 5.74) is 16.3. The normalized spacial score (nSPS) is 12.9. The maximum atomic E-state index is 2.50. The fraction of sp³-hybridized carbons (Fsp3) is 0.0545. The second-order valence-corrected chi connectivity index (χ2v) is 16.8. The summed E-state index contributed by atoms with van der Waals surface area (Å²) in [6.07, 6.45) is 0. The quantitative estimate of drug-likeness (QED) is 0.164. The van der Waals surface area contributed by atoms with Crippen LogP contribution in [0.5, 0.6) is 0 Å². The number of thiophene rings is 1. The van der Waals surface area contributed by atoms with Crippen molar-refractivity contribution >= 4 is 59.3 Å². The maximum absolute atomic E-state index is 2.50. The molecule has 0 atom stereocenters. The van der Waals surface area contributed by atoms with E-state index in [0.29, 0.717) is 0 Å². The Hall–Kier alpha value is -6.74. The largest absolute Gasteiger partial charge is 0.310 e. The molecule has 0 radical (unpaired) electrons. The molecule has 0 bridgehead atoms. The van der Waals surface area contributed by atoms with E-state index in [1.807, 2.05) is 11.3 Å². The third-order valence-corrected chi connectivity index (χ3v) is 13.1. The lowest BCUT2D eigenvalue weighted by Gasteiger charge is -2.26. The SMILES string of the molecule is CC1(C)c2ccccc2-c2c1cc1sc3cc(N(c4ccc(-c5ccccc5)cc4)c4ccc(-c5ccccc5)cc4)ccc3c1c2-c1ccc2ccccc2c1. The highest BCUT2D eigenvalue weighted by Crippen LogP contribution is 2.56. The van der Waals surface area contributed by atoms with Crippen LogP contribution in [0, 0.1) is 0 Å². The molecule has 1 aliphatic rings. The Kier molecular flexibility index (Phi) is 7.77. The van der Waals surface area contributed by atoms with Crippen LogP contribution in [-0.2, 0) is 5.41 Å². The standard InChI is InChI=1S/C55H39NS/c1-55(2)48-20-12-11-19-46(48)53-49(55)35-51-54(52(53)42-22-21-38-17-9-10-18-41(38)33-42)47-32-31-45(34-50(47)57-51)56(43-27-23-39(24-28-43)36-13-5-3-6-14-36)44-29-25-40(26-30-44)37-15-7-4-8-16-37/h3-35H,1-2H3. The van der Waals surface area contributed by atoms with Gasteiger partial charge in [-0.2, -0.15) is 0 Å². The molecule has 270 valence electrons. The van der Waals surface area contributed by atoms with Gasteiger partial charge in [0.15, 0.2) is 0 Å². The Labute approximate surface area is 337 Å². The van der Waals surface area contributed by atoms with E-state index in [2.05, 4.69) is 219 Å². The fourth-order valence-corrected chi connectivity index (χ4v) is 10.4. The van der Waals surface area contributed by atoms with Crippen LogP contribution < -0.4 is 4.90 Å². The lowest BCUT2D eigenvalue weighted by Crippen LogP contribution is -2.14. The van der Waals surface area contributed by atoms with Crippen molar-refractivity contribution in [2.75, 3.05) is 4.90 Å². The number of anilines is 3. The summed E-state index contributed by atoms with van der Waals surface area (Å²) >= 11 is 1.91. The van der Waals surface area contributed by atoms with Crippen LogP contribution in [-0.4, -0.2) is 0 Å². The van der Waals surface area contributed by atoms with Gasteiger partial charge in [-0.3, -0.25) is 0 Å². The van der Waals surface area contributed by atoms with Gasteiger partial charge in [0.2, 0.25) is 0 Å². The molecule has 1 aliphatic carbocycles. The van der Waals surface area contributed by atoms with E-state index >= 15 is 0 Å². The third kappa shape index (κ3) is 5.51. The average Bonchev–Trinajstić information content (AvgIpc) is 3.75. The Morgan fingerprint density at radius 1 is 0.386 bits per heavy atom. The van der Waals surface area contributed by atoms with Gasteiger partial charge in [0.25, 0.3) is 0 Å². The second kappa shape index (κ2) is 13.2. The van der Waals surface area contributed by atoms with Gasteiger partial charge in [0.05, 0.1) is 0 Å². The Morgan fingerprint density at radius 3 is 1.60 bits per heavy atom. The van der Waals surface area contributed by atoms with Gasteiger partial charge in [-0.25, -0.2) is 0 Å². The zero-order valence-electron chi connectivity index (χ0n) is 31.9. The summed E-state index contributed by atoms with van der Waals surface area (Å²) in [5.74, 6) is 0. The summed E-state index contributed by atoms with van der Waals surface area (Å²) in [6, 6.07) is 73.6. The molecule has 1 heterocycles. The predicted octanol–water partition coefficient (Wildman–Crippen LogP) is 16.0. The van der Waals surface area contributed by atoms with Crippen molar-refractivity contribution < 1.29 is 0 Å². The molecule has 0 saturated heterocycles. The van der Waals surface area contributed by atoms with Crippen molar-refractivity contribution in [3.05, 3.63) is 211 Å². The summed E-state index contributed by atoms with van der Waals surface area (Å²) in [4.78, 5) is 2.40. The number of rotatable bonds is 6. The van der Waals surface area contributed by atoms with Crippen LogP contribution in [0.1, 0.15) is 25.0 Å². The molecule has 0 spiro atoms. The zero-order valence-corrected chi connectivity index (χ0v) is 32.7. The molecule has 2 heteroatoms. The first-order valence-electron chi connectivity index (χ1n) is 19.8. The maximum Gasteiger partial charge on any atom is 0.0476 e. The van der Waals surface area contributed by atoms with E-state index in [-0.39, 0.29) is 5.41 Å². The smallest absolute Gasteiger partial charge is 0.0476 e.